The monoisotopic (exact) mass is 465 g/mol. The van der Waals surface area contributed by atoms with Crippen LogP contribution in [-0.4, -0.2) is 32.2 Å². The number of carbonyl (C=O) groups excluding carboxylic acids is 1. The van der Waals surface area contributed by atoms with E-state index in [0.717, 1.165) is 28.8 Å². The number of nitrogens with two attached hydrogens (primary N) is 2. The molecule has 0 aliphatic heterocycles. The molecule has 0 saturated heterocycles. The Balaban J connectivity index is 1.20. The van der Waals surface area contributed by atoms with E-state index in [-0.39, 0.29) is 11.1 Å². The van der Waals surface area contributed by atoms with Crippen molar-refractivity contribution in [2.75, 3.05) is 18.1 Å². The van der Waals surface area contributed by atoms with Gasteiger partial charge in [0.05, 0.1) is 12.9 Å². The number of imidazole rings is 1. The van der Waals surface area contributed by atoms with Crippen molar-refractivity contribution >= 4 is 40.4 Å². The lowest BCUT2D eigenvalue weighted by atomic mass is 10.0. The van der Waals surface area contributed by atoms with E-state index in [1.807, 2.05) is 53.1 Å². The number of nitrogens with one attached hydrogen (secondary N) is 1. The minimum atomic E-state index is -0.451. The van der Waals surface area contributed by atoms with Gasteiger partial charge in [0, 0.05) is 18.8 Å². The third-order valence-corrected chi connectivity index (χ3v) is 5.27. The largest absolute Gasteiger partial charge is 0.450 e. The van der Waals surface area contributed by atoms with Crippen molar-refractivity contribution in [2.45, 2.75) is 25.9 Å². The van der Waals surface area contributed by atoms with Gasteiger partial charge in [0.2, 0.25) is 5.28 Å². The first-order chi connectivity index (χ1) is 16.0. The van der Waals surface area contributed by atoms with Crippen LogP contribution in [0.5, 0.6) is 0 Å². The number of unbranched alkanes of at least 4 members (excludes halogenated alkanes) is 1. The lowest BCUT2D eigenvalue weighted by Crippen LogP contribution is -2.24. The van der Waals surface area contributed by atoms with Crippen LogP contribution in [0, 0.1) is 0 Å². The van der Waals surface area contributed by atoms with Gasteiger partial charge < -0.3 is 26.1 Å². The molecule has 10 heteroatoms. The van der Waals surface area contributed by atoms with Crippen LogP contribution in [0.25, 0.3) is 22.3 Å². The van der Waals surface area contributed by atoms with Crippen molar-refractivity contribution in [3.8, 4) is 11.1 Å². The molecule has 1 amide bonds. The third-order valence-electron chi connectivity index (χ3n) is 5.10. The second kappa shape index (κ2) is 10.2. The van der Waals surface area contributed by atoms with Crippen LogP contribution >= 0.6 is 11.6 Å². The number of amides is 1. The van der Waals surface area contributed by atoms with Crippen molar-refractivity contribution in [1.82, 2.24) is 24.8 Å². The van der Waals surface area contributed by atoms with E-state index >= 15 is 0 Å². The molecule has 33 heavy (non-hydrogen) atoms. The number of carbonyl (C=O) groups is 1. The lowest BCUT2D eigenvalue weighted by Gasteiger charge is -2.09. The number of nitrogen functional groups attached to an aromatic ring is 2. The van der Waals surface area contributed by atoms with Crippen LogP contribution in [-0.2, 0) is 17.8 Å². The van der Waals surface area contributed by atoms with Gasteiger partial charge in [0.1, 0.15) is 5.52 Å². The Labute approximate surface area is 195 Å². The fraction of sp³-hybridized carbons (Fsp3) is 0.217. The van der Waals surface area contributed by atoms with Crippen LogP contribution in [0.3, 0.4) is 0 Å². The molecule has 0 unspecified atom stereocenters. The highest BCUT2D eigenvalue weighted by molar-refractivity contribution is 6.28. The average molecular weight is 466 g/mol. The Morgan fingerprint density at radius 3 is 2.70 bits per heavy atom. The smallest absolute Gasteiger partial charge is 0.407 e. The number of hydrogen-bond acceptors (Lipinski definition) is 7. The van der Waals surface area contributed by atoms with E-state index in [1.54, 1.807) is 6.33 Å². The Bertz CT molecular complexity index is 1260. The molecule has 4 aromatic rings. The number of hydrogen-bond donors (Lipinski definition) is 3. The summed E-state index contributed by atoms with van der Waals surface area (Å²) in [5, 5.41) is 2.87. The summed E-state index contributed by atoms with van der Waals surface area (Å²) < 4.78 is 7.14. The summed E-state index contributed by atoms with van der Waals surface area (Å²) >= 11 is 5.88. The van der Waals surface area contributed by atoms with Crippen LogP contribution in [0.15, 0.2) is 54.9 Å². The number of halogens is 1. The standard InChI is InChI=1S/C23H24ClN7O2/c24-22-29-20(26)19-21(30-22)31(14-28-19)10-1-2-11-33-23(32)27-13-15-4-3-5-17(12-15)16-6-8-18(25)9-7-16/h3-9,12,14H,1-2,10-11,13,25H2,(H,27,32)(H2,26,29,30). The molecule has 0 aliphatic carbocycles. The highest BCUT2D eigenvalue weighted by atomic mass is 35.5. The molecule has 2 heterocycles. The maximum atomic E-state index is 12.0. The number of anilines is 2. The summed E-state index contributed by atoms with van der Waals surface area (Å²) in [4.78, 5) is 24.3. The van der Waals surface area contributed by atoms with Gasteiger partial charge in [-0.15, -0.1) is 0 Å². The topological polar surface area (TPSA) is 134 Å². The molecule has 4 rings (SSSR count). The maximum Gasteiger partial charge on any atom is 0.407 e. The zero-order valence-electron chi connectivity index (χ0n) is 17.9. The van der Waals surface area contributed by atoms with Crippen molar-refractivity contribution < 1.29 is 9.53 Å². The number of rotatable bonds is 8. The number of alkyl carbamates (subject to hydrolysis) is 1. The van der Waals surface area contributed by atoms with Gasteiger partial charge in [-0.25, -0.2) is 9.78 Å². The molecular weight excluding hydrogens is 442 g/mol. The second-order valence-corrected chi connectivity index (χ2v) is 7.85. The predicted molar refractivity (Wildman–Crippen MR) is 128 cm³/mol. The van der Waals surface area contributed by atoms with E-state index in [9.17, 15) is 4.79 Å². The van der Waals surface area contributed by atoms with Crippen LogP contribution < -0.4 is 16.8 Å². The Morgan fingerprint density at radius 1 is 1.06 bits per heavy atom. The molecule has 2 aromatic heterocycles. The van der Waals surface area contributed by atoms with Gasteiger partial charge in [-0.1, -0.05) is 30.3 Å². The van der Waals surface area contributed by atoms with E-state index in [0.29, 0.717) is 37.3 Å². The quantitative estimate of drug-likeness (QED) is 0.203. The van der Waals surface area contributed by atoms with Gasteiger partial charge in [-0.3, -0.25) is 0 Å². The van der Waals surface area contributed by atoms with Crippen LogP contribution in [0.4, 0.5) is 16.3 Å². The van der Waals surface area contributed by atoms with Gasteiger partial charge >= 0.3 is 6.09 Å². The predicted octanol–water partition coefficient (Wildman–Crippen LogP) is 4.02. The first kappa shape index (κ1) is 22.3. The maximum absolute atomic E-state index is 12.0. The fourth-order valence-corrected chi connectivity index (χ4v) is 3.58. The fourth-order valence-electron chi connectivity index (χ4n) is 3.41. The second-order valence-electron chi connectivity index (χ2n) is 7.51. The molecule has 0 spiro atoms. The number of ether oxygens (including phenoxy) is 1. The van der Waals surface area contributed by atoms with Gasteiger partial charge in [-0.05, 0) is 59.3 Å². The highest BCUT2D eigenvalue weighted by Crippen LogP contribution is 2.22. The lowest BCUT2D eigenvalue weighted by molar-refractivity contribution is 0.143. The Kier molecular flexibility index (Phi) is 6.89. The average Bonchev–Trinajstić information content (AvgIpc) is 3.21. The number of benzene rings is 2. The molecule has 0 saturated carbocycles. The number of fused-ring (bicyclic) bond motifs is 1. The zero-order valence-corrected chi connectivity index (χ0v) is 18.6. The first-order valence-corrected chi connectivity index (χ1v) is 10.9. The van der Waals surface area contributed by atoms with Crippen molar-refractivity contribution in [3.05, 3.63) is 65.7 Å². The van der Waals surface area contributed by atoms with Crippen molar-refractivity contribution in [3.63, 3.8) is 0 Å². The van der Waals surface area contributed by atoms with E-state index in [2.05, 4.69) is 20.3 Å². The van der Waals surface area contributed by atoms with Crippen molar-refractivity contribution in [2.24, 2.45) is 0 Å². The summed E-state index contributed by atoms with van der Waals surface area (Å²) in [6, 6.07) is 15.6. The van der Waals surface area contributed by atoms with Gasteiger partial charge in [0.15, 0.2) is 11.5 Å². The molecule has 9 nitrogen and oxygen atoms in total. The van der Waals surface area contributed by atoms with Crippen LogP contribution in [0.1, 0.15) is 18.4 Å². The third kappa shape index (κ3) is 5.69. The summed E-state index contributed by atoms with van der Waals surface area (Å²) in [6.07, 6.45) is 2.66. The van der Waals surface area contributed by atoms with E-state index < -0.39 is 6.09 Å². The van der Waals surface area contributed by atoms with Gasteiger partial charge in [0.25, 0.3) is 0 Å². The molecule has 170 valence electrons. The Morgan fingerprint density at radius 2 is 1.88 bits per heavy atom. The van der Waals surface area contributed by atoms with E-state index in [4.69, 9.17) is 27.8 Å². The Hall–Kier alpha value is -3.85. The summed E-state index contributed by atoms with van der Waals surface area (Å²) in [5.74, 6) is 0.253. The minimum absolute atomic E-state index is 0.0840. The van der Waals surface area contributed by atoms with Gasteiger partial charge in [-0.2, -0.15) is 9.97 Å². The molecule has 0 bridgehead atoms. The van der Waals surface area contributed by atoms with Crippen molar-refractivity contribution in [1.29, 1.82) is 0 Å². The van der Waals surface area contributed by atoms with Crippen LogP contribution in [0.2, 0.25) is 5.28 Å². The number of aromatic nitrogens is 4. The SMILES string of the molecule is Nc1ccc(-c2cccc(CNC(=O)OCCCCn3cnc4c(N)nc(Cl)nc43)c2)cc1. The van der Waals surface area contributed by atoms with E-state index in [1.165, 1.54) is 0 Å². The molecular formula is C23H24ClN7O2. The highest BCUT2D eigenvalue weighted by Gasteiger charge is 2.10. The molecule has 0 aliphatic rings. The minimum Gasteiger partial charge on any atom is -0.450 e. The normalized spacial score (nSPS) is 10.9. The molecule has 5 N–H and O–H groups in total. The molecule has 2 aromatic carbocycles. The number of aryl methyl sites for hydroxylation is 1. The first-order valence-electron chi connectivity index (χ1n) is 10.5. The summed E-state index contributed by atoms with van der Waals surface area (Å²) in [6.45, 7) is 1.33. The molecule has 0 radical (unpaired) electrons. The summed E-state index contributed by atoms with van der Waals surface area (Å²) in [7, 11) is 0. The summed E-state index contributed by atoms with van der Waals surface area (Å²) in [5.41, 5.74) is 16.5. The zero-order chi connectivity index (χ0) is 23.2. The molecule has 0 atom stereocenters. The molecule has 0 fully saturated rings. The number of nitrogens with zero attached hydrogens (tertiary/aromatic N) is 4.